The van der Waals surface area contributed by atoms with Gasteiger partial charge in [0.05, 0.1) is 11.7 Å². The Morgan fingerprint density at radius 1 is 1.05 bits per heavy atom. The molecule has 2 aromatic rings. The van der Waals surface area contributed by atoms with Gasteiger partial charge in [-0.1, -0.05) is 68.7 Å². The van der Waals surface area contributed by atoms with Gasteiger partial charge in [-0.3, -0.25) is 4.79 Å². The Balaban J connectivity index is 1.37. The first-order chi connectivity index (χ1) is 18.0. The van der Waals surface area contributed by atoms with Crippen molar-refractivity contribution in [2.45, 2.75) is 70.8 Å². The van der Waals surface area contributed by atoms with Crippen molar-refractivity contribution in [2.75, 3.05) is 7.11 Å². The van der Waals surface area contributed by atoms with Crippen molar-refractivity contribution >= 4 is 27.7 Å². The van der Waals surface area contributed by atoms with E-state index in [1.807, 2.05) is 12.1 Å². The molecule has 0 heterocycles. The van der Waals surface area contributed by atoms with Crippen LogP contribution in [-0.4, -0.2) is 24.1 Å². The summed E-state index contributed by atoms with van der Waals surface area (Å²) in [6, 6.07) is 12.7. The number of aliphatic hydroxyl groups is 1. The third-order valence-electron chi connectivity index (χ3n) is 9.49. The number of allylic oxidation sites excluding steroid dienone is 6. The van der Waals surface area contributed by atoms with Crippen molar-refractivity contribution in [1.29, 1.82) is 0 Å². The summed E-state index contributed by atoms with van der Waals surface area (Å²) in [7, 11) is 1.81. The predicted molar refractivity (Wildman–Crippen MR) is 151 cm³/mol. The molecular weight excluding hydrogens is 456 g/mol. The fraction of sp³-hybridized carbons (Fsp3) is 0.441. The van der Waals surface area contributed by atoms with Crippen LogP contribution in [-0.2, 0) is 9.53 Å². The van der Waals surface area contributed by atoms with E-state index in [1.165, 1.54) is 61.7 Å². The highest BCUT2D eigenvalue weighted by atomic mass is 16.5. The summed E-state index contributed by atoms with van der Waals surface area (Å²) in [5, 5.41) is 12.4. The van der Waals surface area contributed by atoms with E-state index in [-0.39, 0.29) is 23.1 Å². The maximum atomic E-state index is 12.3. The van der Waals surface area contributed by atoms with Crippen LogP contribution in [0.25, 0.3) is 21.9 Å². The summed E-state index contributed by atoms with van der Waals surface area (Å²) in [5.74, 6) is 1.94. The van der Waals surface area contributed by atoms with E-state index in [1.54, 1.807) is 7.11 Å². The molecule has 2 saturated carbocycles. The molecule has 2 fully saturated rings. The van der Waals surface area contributed by atoms with E-state index >= 15 is 0 Å². The van der Waals surface area contributed by atoms with Gasteiger partial charge >= 0.3 is 0 Å². The van der Waals surface area contributed by atoms with Gasteiger partial charge in [0, 0.05) is 20.0 Å². The molecule has 0 aromatic heterocycles. The van der Waals surface area contributed by atoms with Gasteiger partial charge in [-0.2, -0.15) is 0 Å². The Morgan fingerprint density at radius 2 is 1.84 bits per heavy atom. The van der Waals surface area contributed by atoms with E-state index in [2.05, 4.69) is 55.5 Å². The quantitative estimate of drug-likeness (QED) is 0.454. The topological polar surface area (TPSA) is 46.5 Å². The van der Waals surface area contributed by atoms with Crippen molar-refractivity contribution in [3.63, 3.8) is 0 Å². The minimum absolute atomic E-state index is 0.00609. The first-order valence-electron chi connectivity index (χ1n) is 14.1. The summed E-state index contributed by atoms with van der Waals surface area (Å²) < 4.78 is 5.86. The van der Waals surface area contributed by atoms with E-state index in [0.717, 1.165) is 28.2 Å². The molecule has 3 heteroatoms. The van der Waals surface area contributed by atoms with E-state index in [9.17, 15) is 9.90 Å². The van der Waals surface area contributed by atoms with Crippen molar-refractivity contribution in [3.8, 4) is 0 Å². The number of benzene rings is 2. The third-order valence-corrected chi connectivity index (χ3v) is 9.49. The lowest BCUT2D eigenvalue weighted by atomic mass is 9.55. The van der Waals surface area contributed by atoms with Gasteiger partial charge < -0.3 is 9.84 Å². The van der Waals surface area contributed by atoms with Crippen molar-refractivity contribution in [1.82, 2.24) is 0 Å². The lowest BCUT2D eigenvalue weighted by Crippen LogP contribution is -2.38. The Labute approximate surface area is 220 Å². The number of hydrogen-bond acceptors (Lipinski definition) is 3. The first-order valence-corrected chi connectivity index (χ1v) is 14.1. The Morgan fingerprint density at radius 3 is 2.57 bits per heavy atom. The Hall–Kier alpha value is -2.91. The molecule has 192 valence electrons. The second-order valence-electron chi connectivity index (χ2n) is 11.8. The molecule has 37 heavy (non-hydrogen) atoms. The van der Waals surface area contributed by atoms with Crippen LogP contribution < -0.4 is 0 Å². The number of methoxy groups -OCH3 is 1. The number of Topliss-reactive ketones (excluding diaryl/α,β-unsaturated/α-hetero) is 1. The molecule has 3 nitrogen and oxygen atoms in total. The molecule has 2 bridgehead atoms. The molecule has 4 atom stereocenters. The Kier molecular flexibility index (Phi) is 6.44. The second kappa shape index (κ2) is 9.76. The third kappa shape index (κ3) is 4.52. The minimum Gasteiger partial charge on any atom is -0.512 e. The standard InChI is InChI=1S/C34H38O3/c1-3-22-15-23-5-4-14-34(20-22,21-23)29-18-27(10-11-30(19-29)37-2)25-6-7-26-17-28(9-8-24(26)16-25)33-31(35)12-13-32(33)36/h6-11,16-19,22-23,30,35H,3-5,12-15,20-21H2,1-2H3. The van der Waals surface area contributed by atoms with Gasteiger partial charge in [0.25, 0.3) is 0 Å². The highest BCUT2D eigenvalue weighted by Gasteiger charge is 2.44. The van der Waals surface area contributed by atoms with Crippen LogP contribution in [0.3, 0.4) is 0 Å². The van der Waals surface area contributed by atoms with E-state index in [0.29, 0.717) is 18.4 Å². The molecule has 0 radical (unpaired) electrons. The lowest BCUT2D eigenvalue weighted by Gasteiger charge is -2.49. The second-order valence-corrected chi connectivity index (χ2v) is 11.8. The van der Waals surface area contributed by atoms with Crippen LogP contribution in [0.4, 0.5) is 0 Å². The Bertz CT molecular complexity index is 1360. The molecule has 6 rings (SSSR count). The summed E-state index contributed by atoms with van der Waals surface area (Å²) >= 11 is 0. The number of aliphatic hydroxyl groups excluding tert-OH is 1. The van der Waals surface area contributed by atoms with Gasteiger partial charge in [0.2, 0.25) is 0 Å². The summed E-state index contributed by atoms with van der Waals surface area (Å²) in [5.41, 5.74) is 5.48. The molecule has 0 spiro atoms. The molecule has 4 aliphatic carbocycles. The van der Waals surface area contributed by atoms with Gasteiger partial charge in [-0.05, 0) is 94.2 Å². The summed E-state index contributed by atoms with van der Waals surface area (Å²) in [6.45, 7) is 2.36. The monoisotopic (exact) mass is 494 g/mol. The van der Waals surface area contributed by atoms with Gasteiger partial charge in [0.1, 0.15) is 5.76 Å². The van der Waals surface area contributed by atoms with E-state index in [4.69, 9.17) is 4.74 Å². The molecule has 4 aliphatic rings. The highest BCUT2D eigenvalue weighted by molar-refractivity contribution is 6.23. The number of carbonyl (C=O) groups excluding carboxylic acids is 1. The van der Waals surface area contributed by atoms with Gasteiger partial charge in [0.15, 0.2) is 5.78 Å². The number of carbonyl (C=O) groups is 1. The molecule has 0 amide bonds. The number of ketones is 1. The average molecular weight is 495 g/mol. The van der Waals surface area contributed by atoms with Crippen LogP contribution in [0, 0.1) is 17.3 Å². The normalized spacial score (nSPS) is 29.9. The molecule has 4 unspecified atom stereocenters. The smallest absolute Gasteiger partial charge is 0.167 e. The zero-order valence-electron chi connectivity index (χ0n) is 22.1. The van der Waals surface area contributed by atoms with Crippen molar-refractivity contribution in [2.24, 2.45) is 17.3 Å². The zero-order valence-corrected chi connectivity index (χ0v) is 22.1. The highest BCUT2D eigenvalue weighted by Crippen LogP contribution is 2.56. The van der Waals surface area contributed by atoms with Crippen molar-refractivity contribution < 1.29 is 14.6 Å². The number of ether oxygens (including phenoxy) is 1. The van der Waals surface area contributed by atoms with Gasteiger partial charge in [-0.15, -0.1) is 0 Å². The van der Waals surface area contributed by atoms with Crippen LogP contribution in [0.5, 0.6) is 0 Å². The predicted octanol–water partition coefficient (Wildman–Crippen LogP) is 8.36. The van der Waals surface area contributed by atoms with Gasteiger partial charge in [-0.25, -0.2) is 0 Å². The zero-order chi connectivity index (χ0) is 25.6. The molecule has 2 aromatic carbocycles. The lowest BCUT2D eigenvalue weighted by molar-refractivity contribution is -0.113. The van der Waals surface area contributed by atoms with Crippen LogP contribution >= 0.6 is 0 Å². The number of rotatable bonds is 5. The molecule has 0 aliphatic heterocycles. The molecule has 0 saturated heterocycles. The maximum absolute atomic E-state index is 12.3. The molecule has 1 N–H and O–H groups in total. The number of fused-ring (bicyclic) bond motifs is 3. The largest absolute Gasteiger partial charge is 0.512 e. The average Bonchev–Trinajstić information content (AvgIpc) is 3.11. The number of hydrogen-bond donors (Lipinski definition) is 1. The van der Waals surface area contributed by atoms with Crippen molar-refractivity contribution in [3.05, 3.63) is 83.2 Å². The fourth-order valence-corrected chi connectivity index (χ4v) is 7.57. The van der Waals surface area contributed by atoms with Crippen LogP contribution in [0.2, 0.25) is 0 Å². The van der Waals surface area contributed by atoms with Crippen LogP contribution in [0.15, 0.2) is 72.0 Å². The first kappa shape index (κ1) is 24.4. The fourth-order valence-electron chi connectivity index (χ4n) is 7.57. The van der Waals surface area contributed by atoms with E-state index < -0.39 is 0 Å². The summed E-state index contributed by atoms with van der Waals surface area (Å²) in [6.07, 6.45) is 19.4. The SMILES string of the molecule is CCC1CC2CCCC(C3=CC(OC)C=CC(c4ccc5cc(C6=C(O)CCC6=O)ccc5c4)=C3)(C1)C2. The molecular formula is C34H38O3. The minimum atomic E-state index is -0.00609. The maximum Gasteiger partial charge on any atom is 0.167 e. The van der Waals surface area contributed by atoms with Crippen LogP contribution in [0.1, 0.15) is 75.8 Å². The summed E-state index contributed by atoms with van der Waals surface area (Å²) in [4.78, 5) is 12.3.